The van der Waals surface area contributed by atoms with Crippen molar-refractivity contribution in [1.82, 2.24) is 0 Å². The second-order valence-electron chi connectivity index (χ2n) is 5.18. The van der Waals surface area contributed by atoms with Gasteiger partial charge >= 0.3 is 0 Å². The van der Waals surface area contributed by atoms with Crippen LogP contribution >= 0.6 is 23.2 Å². The van der Waals surface area contributed by atoms with E-state index >= 15 is 0 Å². The maximum absolute atomic E-state index is 12.5. The Bertz CT molecular complexity index is 842. The number of halogens is 2. The van der Waals surface area contributed by atoms with Crippen LogP contribution in [0.15, 0.2) is 48.5 Å². The predicted octanol–water partition coefficient (Wildman–Crippen LogP) is 3.79. The zero-order valence-corrected chi connectivity index (χ0v) is 15.4. The van der Waals surface area contributed by atoms with E-state index in [9.17, 15) is 13.2 Å². The number of carbonyl (C=O) groups is 1. The monoisotopic (exact) mass is 386 g/mol. The summed E-state index contributed by atoms with van der Waals surface area (Å²) >= 11 is 11.9. The van der Waals surface area contributed by atoms with Crippen molar-refractivity contribution in [3.63, 3.8) is 0 Å². The lowest BCUT2D eigenvalue weighted by Gasteiger charge is -2.28. The van der Waals surface area contributed by atoms with Gasteiger partial charge in [-0.2, -0.15) is 0 Å². The molecule has 0 fully saturated rings. The topological polar surface area (TPSA) is 66.5 Å². The van der Waals surface area contributed by atoms with Crippen LogP contribution in [0.5, 0.6) is 0 Å². The summed E-state index contributed by atoms with van der Waals surface area (Å²) in [6.45, 7) is 1.50. The van der Waals surface area contributed by atoms with Crippen LogP contribution < -0.4 is 9.62 Å². The number of sulfonamides is 1. The third kappa shape index (κ3) is 4.41. The maximum atomic E-state index is 12.5. The highest BCUT2D eigenvalue weighted by molar-refractivity contribution is 7.92. The summed E-state index contributed by atoms with van der Waals surface area (Å²) in [5.41, 5.74) is 0.724. The molecule has 0 unspecified atom stereocenters. The van der Waals surface area contributed by atoms with Gasteiger partial charge in [-0.25, -0.2) is 8.42 Å². The molecule has 8 heteroatoms. The lowest BCUT2D eigenvalue weighted by atomic mass is 10.2. The summed E-state index contributed by atoms with van der Waals surface area (Å²) in [4.78, 5) is 12.5. The normalized spacial score (nSPS) is 12.5. The first-order chi connectivity index (χ1) is 11.2. The Morgan fingerprint density at radius 2 is 1.75 bits per heavy atom. The van der Waals surface area contributed by atoms with Crippen LogP contribution in [-0.2, 0) is 14.8 Å². The van der Waals surface area contributed by atoms with Gasteiger partial charge in [0.05, 0.1) is 22.7 Å². The molecule has 1 atom stereocenters. The standard InChI is InChI=1S/C16H16Cl2N2O3S/c1-11(16(21)19-15-10-12(17)8-9-14(15)18)20(24(2,22)23)13-6-4-3-5-7-13/h3-11H,1-2H3,(H,19,21)/t11-/m0/s1. The van der Waals surface area contributed by atoms with Crippen molar-refractivity contribution in [2.24, 2.45) is 0 Å². The average molecular weight is 387 g/mol. The number of carbonyl (C=O) groups excluding carboxylic acids is 1. The van der Waals surface area contributed by atoms with Crippen molar-refractivity contribution in [2.45, 2.75) is 13.0 Å². The predicted molar refractivity (Wildman–Crippen MR) is 98.3 cm³/mol. The molecule has 5 nitrogen and oxygen atoms in total. The average Bonchev–Trinajstić information content (AvgIpc) is 2.50. The Morgan fingerprint density at radius 3 is 2.33 bits per heavy atom. The SMILES string of the molecule is C[C@@H](C(=O)Nc1cc(Cl)ccc1Cl)N(c1ccccc1)S(C)(=O)=O. The Labute approximate surface area is 151 Å². The minimum Gasteiger partial charge on any atom is -0.323 e. The molecule has 0 heterocycles. The molecule has 1 amide bonds. The van der Waals surface area contributed by atoms with Gasteiger partial charge in [0.15, 0.2) is 0 Å². The first kappa shape index (κ1) is 18.6. The van der Waals surface area contributed by atoms with Crippen molar-refractivity contribution < 1.29 is 13.2 Å². The second-order valence-corrected chi connectivity index (χ2v) is 7.89. The van der Waals surface area contributed by atoms with Crippen molar-refractivity contribution in [1.29, 1.82) is 0 Å². The van der Waals surface area contributed by atoms with E-state index in [-0.39, 0.29) is 0 Å². The van der Waals surface area contributed by atoms with Gasteiger partial charge in [-0.3, -0.25) is 9.10 Å². The molecule has 0 saturated carbocycles. The van der Waals surface area contributed by atoms with Crippen LogP contribution in [-0.4, -0.2) is 26.6 Å². The third-order valence-corrected chi connectivity index (χ3v) is 5.09. The van der Waals surface area contributed by atoms with E-state index in [2.05, 4.69) is 5.32 Å². The molecule has 2 aromatic rings. The molecule has 0 spiro atoms. The van der Waals surface area contributed by atoms with Gasteiger partial charge in [0.1, 0.15) is 6.04 Å². The van der Waals surface area contributed by atoms with Gasteiger partial charge < -0.3 is 5.32 Å². The number of rotatable bonds is 5. The van der Waals surface area contributed by atoms with Gasteiger partial charge in [0, 0.05) is 5.02 Å². The maximum Gasteiger partial charge on any atom is 0.248 e. The molecular formula is C16H16Cl2N2O3S. The molecule has 0 aliphatic rings. The Morgan fingerprint density at radius 1 is 1.12 bits per heavy atom. The number of benzene rings is 2. The molecule has 0 aliphatic heterocycles. The molecule has 0 saturated heterocycles. The highest BCUT2D eigenvalue weighted by atomic mass is 35.5. The van der Waals surface area contributed by atoms with Crippen molar-refractivity contribution >= 4 is 50.5 Å². The summed E-state index contributed by atoms with van der Waals surface area (Å²) < 4.78 is 25.4. The number of nitrogens with one attached hydrogen (secondary N) is 1. The number of amides is 1. The third-order valence-electron chi connectivity index (χ3n) is 3.29. The summed E-state index contributed by atoms with van der Waals surface area (Å²) in [6.07, 6.45) is 1.05. The van der Waals surface area contributed by atoms with Crippen molar-refractivity contribution in [3.8, 4) is 0 Å². The van der Waals surface area contributed by atoms with Gasteiger partial charge in [0.25, 0.3) is 0 Å². The van der Waals surface area contributed by atoms with Gasteiger partial charge in [-0.15, -0.1) is 0 Å². The van der Waals surface area contributed by atoms with Crippen LogP contribution in [0.3, 0.4) is 0 Å². The van der Waals surface area contributed by atoms with Crippen LogP contribution in [0.25, 0.3) is 0 Å². The molecule has 128 valence electrons. The summed E-state index contributed by atoms with van der Waals surface area (Å²) in [6, 6.07) is 12.1. The first-order valence-corrected chi connectivity index (χ1v) is 9.61. The fourth-order valence-electron chi connectivity index (χ4n) is 2.21. The number of para-hydroxylation sites is 1. The lowest BCUT2D eigenvalue weighted by Crippen LogP contribution is -2.45. The van der Waals surface area contributed by atoms with Gasteiger partial charge in [-0.05, 0) is 37.3 Å². The molecule has 0 bridgehead atoms. The minimum atomic E-state index is -3.66. The Hall–Kier alpha value is -1.76. The largest absolute Gasteiger partial charge is 0.323 e. The number of nitrogens with zero attached hydrogens (tertiary/aromatic N) is 1. The van der Waals surface area contributed by atoms with Crippen LogP contribution in [0.2, 0.25) is 10.0 Å². The fourth-order valence-corrected chi connectivity index (χ4v) is 3.73. The molecule has 0 aliphatic carbocycles. The highest BCUT2D eigenvalue weighted by Crippen LogP contribution is 2.27. The molecule has 0 aromatic heterocycles. The summed E-state index contributed by atoms with van der Waals surface area (Å²) in [5, 5.41) is 3.33. The molecule has 1 N–H and O–H groups in total. The zero-order valence-electron chi connectivity index (χ0n) is 13.0. The van der Waals surface area contributed by atoms with Crippen LogP contribution in [0.4, 0.5) is 11.4 Å². The number of hydrogen-bond acceptors (Lipinski definition) is 3. The zero-order chi connectivity index (χ0) is 17.9. The summed E-state index contributed by atoms with van der Waals surface area (Å²) in [5.74, 6) is -0.520. The van der Waals surface area contributed by atoms with E-state index in [4.69, 9.17) is 23.2 Å². The quantitative estimate of drug-likeness (QED) is 0.849. The highest BCUT2D eigenvalue weighted by Gasteiger charge is 2.29. The summed E-state index contributed by atoms with van der Waals surface area (Å²) in [7, 11) is -3.66. The molecular weight excluding hydrogens is 371 g/mol. The van der Waals surface area contributed by atoms with E-state index in [1.54, 1.807) is 42.5 Å². The molecule has 2 aromatic carbocycles. The first-order valence-electron chi connectivity index (χ1n) is 7.00. The van der Waals surface area contributed by atoms with E-state index in [1.165, 1.54) is 13.0 Å². The van der Waals surface area contributed by atoms with Crippen molar-refractivity contribution in [2.75, 3.05) is 15.9 Å². The van der Waals surface area contributed by atoms with E-state index < -0.39 is 22.0 Å². The smallest absolute Gasteiger partial charge is 0.248 e. The van der Waals surface area contributed by atoms with Gasteiger partial charge in [0.2, 0.25) is 15.9 Å². The van der Waals surface area contributed by atoms with E-state index in [1.807, 2.05) is 0 Å². The Kier molecular flexibility index (Phi) is 5.74. The van der Waals surface area contributed by atoms with E-state index in [0.717, 1.165) is 10.6 Å². The van der Waals surface area contributed by atoms with Crippen molar-refractivity contribution in [3.05, 3.63) is 58.6 Å². The number of hydrogen-bond donors (Lipinski definition) is 1. The van der Waals surface area contributed by atoms with E-state index in [0.29, 0.717) is 21.4 Å². The molecule has 24 heavy (non-hydrogen) atoms. The van der Waals surface area contributed by atoms with Gasteiger partial charge in [-0.1, -0.05) is 41.4 Å². The lowest BCUT2D eigenvalue weighted by molar-refractivity contribution is -0.116. The van der Waals surface area contributed by atoms with Crippen LogP contribution in [0.1, 0.15) is 6.92 Å². The minimum absolute atomic E-state index is 0.311. The Balaban J connectivity index is 2.31. The van der Waals surface area contributed by atoms with Crippen LogP contribution in [0, 0.1) is 0 Å². The number of anilines is 2. The second kappa shape index (κ2) is 7.42. The molecule has 0 radical (unpaired) electrons. The molecule has 2 rings (SSSR count). The fraction of sp³-hybridized carbons (Fsp3) is 0.188.